The van der Waals surface area contributed by atoms with Crippen molar-refractivity contribution in [2.24, 2.45) is 7.05 Å². The maximum Gasteiger partial charge on any atom is 0.332 e. The van der Waals surface area contributed by atoms with Gasteiger partial charge in [0.25, 0.3) is 0 Å². The van der Waals surface area contributed by atoms with Crippen LogP contribution in [0.1, 0.15) is 49.4 Å². The van der Waals surface area contributed by atoms with Crippen molar-refractivity contribution in [3.8, 4) is 0 Å². The predicted octanol–water partition coefficient (Wildman–Crippen LogP) is 0.997. The first kappa shape index (κ1) is 10.7. The molecular formula is C11H15N3O3. The Hall–Kier alpha value is -1.43. The molecule has 0 radical (unpaired) electrons. The number of hydrogen-bond acceptors (Lipinski definition) is 4. The van der Waals surface area contributed by atoms with Gasteiger partial charge in [0.1, 0.15) is 6.10 Å². The fourth-order valence-corrected chi connectivity index (χ4v) is 2.22. The highest BCUT2D eigenvalue weighted by Gasteiger charge is 2.36. The van der Waals surface area contributed by atoms with Crippen LogP contribution in [0.3, 0.4) is 0 Å². The minimum absolute atomic E-state index is 0.221. The highest BCUT2D eigenvalue weighted by Crippen LogP contribution is 2.39. The molecule has 1 saturated heterocycles. The average Bonchev–Trinajstić information content (AvgIpc) is 2.88. The van der Waals surface area contributed by atoms with Crippen molar-refractivity contribution in [2.75, 3.05) is 0 Å². The first-order valence-electron chi connectivity index (χ1n) is 5.94. The summed E-state index contributed by atoms with van der Waals surface area (Å²) in [5.74, 6) is 1.25. The molecule has 2 unspecified atom stereocenters. The van der Waals surface area contributed by atoms with Crippen molar-refractivity contribution in [1.82, 2.24) is 14.8 Å². The maximum absolute atomic E-state index is 10.8. The first-order chi connectivity index (χ1) is 8.15. The third-order valence-electron chi connectivity index (χ3n) is 3.34. The molecule has 0 spiro atoms. The maximum atomic E-state index is 10.8. The Bertz CT molecular complexity index is 453. The Balaban J connectivity index is 1.78. The lowest BCUT2D eigenvalue weighted by Gasteiger charge is -2.09. The van der Waals surface area contributed by atoms with E-state index in [1.807, 2.05) is 7.05 Å². The van der Waals surface area contributed by atoms with Gasteiger partial charge in [0.05, 0.1) is 0 Å². The van der Waals surface area contributed by atoms with Crippen LogP contribution in [-0.2, 0) is 16.6 Å². The fraction of sp³-hybridized carbons (Fsp3) is 0.727. The largest absolute Gasteiger partial charge is 0.479 e. The quantitative estimate of drug-likeness (QED) is 0.848. The van der Waals surface area contributed by atoms with Crippen LogP contribution in [0.15, 0.2) is 0 Å². The number of hydrogen-bond donors (Lipinski definition) is 1. The van der Waals surface area contributed by atoms with Gasteiger partial charge in [-0.3, -0.25) is 4.68 Å². The molecule has 3 rings (SSSR count). The number of carboxylic acids is 1. The van der Waals surface area contributed by atoms with Crippen LogP contribution in [0.2, 0.25) is 0 Å². The van der Waals surface area contributed by atoms with Crippen molar-refractivity contribution in [2.45, 2.75) is 43.8 Å². The molecule has 1 aromatic heterocycles. The summed E-state index contributed by atoms with van der Waals surface area (Å²) in [5.41, 5.74) is 0. The van der Waals surface area contributed by atoms with E-state index in [-0.39, 0.29) is 6.10 Å². The van der Waals surface area contributed by atoms with Crippen molar-refractivity contribution in [1.29, 1.82) is 0 Å². The Labute approximate surface area is 98.6 Å². The van der Waals surface area contributed by atoms with E-state index in [0.717, 1.165) is 24.5 Å². The van der Waals surface area contributed by atoms with Crippen LogP contribution in [0, 0.1) is 0 Å². The number of aryl methyl sites for hydroxylation is 1. The lowest BCUT2D eigenvalue weighted by atomic mass is 10.2. The number of carbonyl (C=O) groups is 1. The summed E-state index contributed by atoms with van der Waals surface area (Å²) in [6.07, 6.45) is 2.65. The first-order valence-corrected chi connectivity index (χ1v) is 5.94. The predicted molar refractivity (Wildman–Crippen MR) is 57.5 cm³/mol. The Morgan fingerprint density at radius 2 is 2.18 bits per heavy atom. The van der Waals surface area contributed by atoms with Crippen LogP contribution in [0.4, 0.5) is 0 Å². The van der Waals surface area contributed by atoms with Gasteiger partial charge in [0.15, 0.2) is 17.8 Å². The third-order valence-corrected chi connectivity index (χ3v) is 3.34. The molecule has 1 saturated carbocycles. The normalized spacial score (nSPS) is 28.5. The van der Waals surface area contributed by atoms with Crippen molar-refractivity contribution < 1.29 is 14.6 Å². The van der Waals surface area contributed by atoms with Gasteiger partial charge in [0.2, 0.25) is 0 Å². The van der Waals surface area contributed by atoms with Crippen molar-refractivity contribution in [3.05, 3.63) is 11.6 Å². The molecule has 0 amide bonds. The van der Waals surface area contributed by atoms with E-state index in [2.05, 4.69) is 10.1 Å². The Morgan fingerprint density at radius 1 is 1.41 bits per heavy atom. The summed E-state index contributed by atoms with van der Waals surface area (Å²) in [6.45, 7) is 0. The molecule has 0 aromatic carbocycles. The molecule has 2 fully saturated rings. The van der Waals surface area contributed by atoms with Gasteiger partial charge in [-0.25, -0.2) is 9.78 Å². The van der Waals surface area contributed by atoms with Gasteiger partial charge >= 0.3 is 5.97 Å². The summed E-state index contributed by atoms with van der Waals surface area (Å²) >= 11 is 0. The smallest absolute Gasteiger partial charge is 0.332 e. The summed E-state index contributed by atoms with van der Waals surface area (Å²) in [4.78, 5) is 15.3. The van der Waals surface area contributed by atoms with Crippen LogP contribution < -0.4 is 0 Å². The molecule has 2 atom stereocenters. The zero-order valence-electron chi connectivity index (χ0n) is 9.67. The summed E-state index contributed by atoms with van der Waals surface area (Å²) in [7, 11) is 1.84. The van der Waals surface area contributed by atoms with Crippen LogP contribution in [0.25, 0.3) is 0 Å². The number of nitrogens with zero attached hydrogens (tertiary/aromatic N) is 3. The lowest BCUT2D eigenvalue weighted by Crippen LogP contribution is -2.19. The van der Waals surface area contributed by atoms with E-state index in [1.165, 1.54) is 0 Å². The van der Waals surface area contributed by atoms with Crippen molar-refractivity contribution in [3.63, 3.8) is 0 Å². The monoisotopic (exact) mass is 237 g/mol. The third kappa shape index (κ3) is 1.93. The van der Waals surface area contributed by atoms with E-state index in [0.29, 0.717) is 18.8 Å². The van der Waals surface area contributed by atoms with Gasteiger partial charge < -0.3 is 9.84 Å². The topological polar surface area (TPSA) is 77.2 Å². The van der Waals surface area contributed by atoms with E-state index in [1.54, 1.807) is 4.68 Å². The molecule has 6 heteroatoms. The molecule has 17 heavy (non-hydrogen) atoms. The number of carboxylic acid groups (broad SMARTS) is 1. The highest BCUT2D eigenvalue weighted by atomic mass is 16.5. The summed E-state index contributed by atoms with van der Waals surface area (Å²) in [5, 5.41) is 13.2. The second kappa shape index (κ2) is 3.80. The number of ether oxygens (including phenoxy) is 1. The zero-order valence-corrected chi connectivity index (χ0v) is 9.67. The minimum atomic E-state index is -0.892. The van der Waals surface area contributed by atoms with Crippen LogP contribution >= 0.6 is 0 Å². The van der Waals surface area contributed by atoms with Gasteiger partial charge in [0, 0.05) is 13.0 Å². The lowest BCUT2D eigenvalue weighted by molar-refractivity contribution is -0.149. The van der Waals surface area contributed by atoms with Crippen LogP contribution in [-0.4, -0.2) is 31.9 Å². The molecule has 92 valence electrons. The highest BCUT2D eigenvalue weighted by molar-refractivity contribution is 5.72. The second-order valence-electron chi connectivity index (χ2n) is 4.76. The number of rotatable bonds is 3. The fourth-order valence-electron chi connectivity index (χ4n) is 2.22. The molecule has 1 aliphatic carbocycles. The molecule has 6 nitrogen and oxygen atoms in total. The average molecular weight is 237 g/mol. The summed E-state index contributed by atoms with van der Waals surface area (Å²) < 4.78 is 7.21. The van der Waals surface area contributed by atoms with E-state index >= 15 is 0 Å². The number of aromatic nitrogens is 3. The minimum Gasteiger partial charge on any atom is -0.479 e. The Kier molecular flexibility index (Phi) is 2.39. The Morgan fingerprint density at radius 3 is 2.76 bits per heavy atom. The molecular weight excluding hydrogens is 222 g/mol. The molecule has 1 aliphatic heterocycles. The van der Waals surface area contributed by atoms with Gasteiger partial charge in [-0.15, -0.1) is 0 Å². The zero-order chi connectivity index (χ0) is 12.0. The van der Waals surface area contributed by atoms with Crippen LogP contribution in [0.5, 0.6) is 0 Å². The standard InChI is InChI=1S/C11H15N3O3/c1-14-10(12-9(13-14)6-2-3-6)7-4-5-8(17-7)11(15)16/h6-8H,2-5H2,1H3,(H,15,16). The van der Waals surface area contributed by atoms with E-state index < -0.39 is 12.1 Å². The van der Waals surface area contributed by atoms with Crippen molar-refractivity contribution >= 4 is 5.97 Å². The van der Waals surface area contributed by atoms with Gasteiger partial charge in [-0.05, 0) is 25.7 Å². The van der Waals surface area contributed by atoms with Gasteiger partial charge in [-0.2, -0.15) is 5.10 Å². The van der Waals surface area contributed by atoms with Gasteiger partial charge in [-0.1, -0.05) is 0 Å². The molecule has 2 aliphatic rings. The molecule has 0 bridgehead atoms. The summed E-state index contributed by atoms with van der Waals surface area (Å²) in [6, 6.07) is 0. The SMILES string of the molecule is Cn1nc(C2CC2)nc1C1CCC(C(=O)O)O1. The number of aliphatic carboxylic acids is 1. The second-order valence-corrected chi connectivity index (χ2v) is 4.76. The molecule has 1 aromatic rings. The van der Waals surface area contributed by atoms with E-state index in [9.17, 15) is 4.79 Å². The molecule has 2 heterocycles. The van der Waals surface area contributed by atoms with E-state index in [4.69, 9.17) is 9.84 Å². The molecule has 1 N–H and O–H groups in total.